The topological polar surface area (TPSA) is 39.4 Å². The zero-order valence-corrected chi connectivity index (χ0v) is 14.8. The average molecular weight is 373 g/mol. The second-order valence-electron chi connectivity index (χ2n) is 5.23. The lowest BCUT2D eigenvalue weighted by atomic mass is 10.1. The van der Waals surface area contributed by atoms with Crippen molar-refractivity contribution in [3.05, 3.63) is 82.0 Å². The van der Waals surface area contributed by atoms with Gasteiger partial charge in [-0.05, 0) is 60.7 Å². The number of hydrogen-bond donors (Lipinski definition) is 0. The molecule has 5 heteroatoms. The number of allylic oxidation sites excluding steroid dienone is 1. The zero-order valence-electron chi connectivity index (χ0n) is 13.3. The van der Waals surface area contributed by atoms with Crippen molar-refractivity contribution in [3.63, 3.8) is 0 Å². The van der Waals surface area contributed by atoms with Crippen molar-refractivity contribution in [2.24, 2.45) is 0 Å². The quantitative estimate of drug-likeness (QED) is 0.397. The van der Waals surface area contributed by atoms with Gasteiger partial charge in [-0.3, -0.25) is 4.79 Å². The maximum atomic E-state index is 12.2. The predicted octanol–water partition coefficient (Wildman–Crippen LogP) is 6.16. The fourth-order valence-corrected chi connectivity index (χ4v) is 2.68. The Bertz CT molecular complexity index is 924. The molecule has 0 fully saturated rings. The molecule has 0 aliphatic carbocycles. The fraction of sp³-hybridized carbons (Fsp3) is 0.0500. The first-order chi connectivity index (χ1) is 12.1. The van der Waals surface area contributed by atoms with Gasteiger partial charge < -0.3 is 9.15 Å². The summed E-state index contributed by atoms with van der Waals surface area (Å²) < 4.78 is 10.8. The van der Waals surface area contributed by atoms with Crippen molar-refractivity contribution in [1.29, 1.82) is 0 Å². The highest BCUT2D eigenvalue weighted by molar-refractivity contribution is 6.43. The molecule has 3 rings (SSSR count). The highest BCUT2D eigenvalue weighted by Gasteiger charge is 2.10. The van der Waals surface area contributed by atoms with Crippen LogP contribution in [0.4, 0.5) is 0 Å². The Morgan fingerprint density at radius 3 is 2.52 bits per heavy atom. The predicted molar refractivity (Wildman–Crippen MR) is 101 cm³/mol. The highest BCUT2D eigenvalue weighted by atomic mass is 35.5. The van der Waals surface area contributed by atoms with E-state index in [9.17, 15) is 4.79 Å². The molecule has 1 aromatic heterocycles. The van der Waals surface area contributed by atoms with Crippen molar-refractivity contribution in [2.45, 2.75) is 0 Å². The van der Waals surface area contributed by atoms with Crippen molar-refractivity contribution in [2.75, 3.05) is 7.11 Å². The van der Waals surface area contributed by atoms with Crippen molar-refractivity contribution < 1.29 is 13.9 Å². The van der Waals surface area contributed by atoms with E-state index in [1.54, 1.807) is 61.7 Å². The third-order valence-electron chi connectivity index (χ3n) is 3.62. The van der Waals surface area contributed by atoms with E-state index in [4.69, 9.17) is 32.4 Å². The third-order valence-corrected chi connectivity index (χ3v) is 4.44. The Kier molecular flexibility index (Phi) is 5.27. The van der Waals surface area contributed by atoms with E-state index in [1.165, 1.54) is 6.08 Å². The fourth-order valence-electron chi connectivity index (χ4n) is 2.29. The monoisotopic (exact) mass is 372 g/mol. The number of halogens is 2. The first-order valence-electron chi connectivity index (χ1n) is 7.49. The van der Waals surface area contributed by atoms with Crippen LogP contribution in [-0.2, 0) is 0 Å². The molecule has 1 heterocycles. The molecular weight excluding hydrogens is 359 g/mol. The number of rotatable bonds is 5. The maximum absolute atomic E-state index is 12.2. The van der Waals surface area contributed by atoms with Gasteiger partial charge >= 0.3 is 0 Å². The molecular formula is C20H14Cl2O3. The van der Waals surface area contributed by atoms with Crippen LogP contribution in [0.2, 0.25) is 10.0 Å². The average Bonchev–Trinajstić information content (AvgIpc) is 3.11. The SMILES string of the molecule is COc1ccc(C(=O)C=Cc2ccc(-c3cccc(Cl)c3Cl)o2)cc1. The lowest BCUT2D eigenvalue weighted by Crippen LogP contribution is -1.93. The van der Waals surface area contributed by atoms with Crippen LogP contribution in [0, 0.1) is 0 Å². The number of methoxy groups -OCH3 is 1. The summed E-state index contributed by atoms with van der Waals surface area (Å²) in [5, 5.41) is 0.894. The summed E-state index contributed by atoms with van der Waals surface area (Å²) in [5.74, 6) is 1.72. The Balaban J connectivity index is 1.77. The summed E-state index contributed by atoms with van der Waals surface area (Å²) in [5.41, 5.74) is 1.28. The second-order valence-corrected chi connectivity index (χ2v) is 6.01. The van der Waals surface area contributed by atoms with Gasteiger partial charge in [0.25, 0.3) is 0 Å². The van der Waals surface area contributed by atoms with Crippen LogP contribution < -0.4 is 4.74 Å². The van der Waals surface area contributed by atoms with Gasteiger partial charge in [-0.2, -0.15) is 0 Å². The standard InChI is InChI=1S/C20H14Cl2O3/c1-24-14-7-5-13(6-8-14)18(23)11-9-15-10-12-19(25-15)16-3-2-4-17(21)20(16)22/h2-12H,1H3. The smallest absolute Gasteiger partial charge is 0.185 e. The van der Waals surface area contributed by atoms with Crippen molar-refractivity contribution in [3.8, 4) is 17.1 Å². The molecule has 0 spiro atoms. The highest BCUT2D eigenvalue weighted by Crippen LogP contribution is 2.34. The van der Waals surface area contributed by atoms with Gasteiger partial charge in [0.15, 0.2) is 5.78 Å². The number of carbonyl (C=O) groups is 1. The maximum Gasteiger partial charge on any atom is 0.185 e. The minimum absolute atomic E-state index is 0.124. The molecule has 0 N–H and O–H groups in total. The largest absolute Gasteiger partial charge is 0.497 e. The van der Waals surface area contributed by atoms with Crippen molar-refractivity contribution in [1.82, 2.24) is 0 Å². The van der Waals surface area contributed by atoms with Crippen LogP contribution in [0.3, 0.4) is 0 Å². The van der Waals surface area contributed by atoms with Crippen LogP contribution in [0.15, 0.2) is 65.1 Å². The zero-order chi connectivity index (χ0) is 17.8. The molecule has 126 valence electrons. The summed E-state index contributed by atoms with van der Waals surface area (Å²) in [6, 6.07) is 15.8. The van der Waals surface area contributed by atoms with Gasteiger partial charge in [-0.15, -0.1) is 0 Å². The molecule has 0 saturated carbocycles. The van der Waals surface area contributed by atoms with E-state index >= 15 is 0 Å². The van der Waals surface area contributed by atoms with Gasteiger partial charge in [-0.25, -0.2) is 0 Å². The number of carbonyl (C=O) groups excluding carboxylic acids is 1. The summed E-state index contributed by atoms with van der Waals surface area (Å²) in [4.78, 5) is 12.2. The molecule has 0 saturated heterocycles. The first-order valence-corrected chi connectivity index (χ1v) is 8.25. The van der Waals surface area contributed by atoms with Crippen LogP contribution in [0.5, 0.6) is 5.75 Å². The Hall–Kier alpha value is -2.49. The summed E-state index contributed by atoms with van der Waals surface area (Å²) in [6.07, 6.45) is 3.08. The van der Waals surface area contributed by atoms with Crippen LogP contribution in [0.25, 0.3) is 17.4 Å². The Labute approximate surface area is 155 Å². The van der Waals surface area contributed by atoms with Crippen LogP contribution in [0.1, 0.15) is 16.1 Å². The molecule has 25 heavy (non-hydrogen) atoms. The van der Waals surface area contributed by atoms with E-state index in [0.717, 1.165) is 0 Å². The van der Waals surface area contributed by atoms with Gasteiger partial charge in [0.1, 0.15) is 17.3 Å². The first kappa shape index (κ1) is 17.3. The van der Waals surface area contributed by atoms with Gasteiger partial charge in [0, 0.05) is 11.1 Å². The van der Waals surface area contributed by atoms with Gasteiger partial charge in [0.2, 0.25) is 0 Å². The van der Waals surface area contributed by atoms with Crippen LogP contribution >= 0.6 is 23.2 Å². The number of ether oxygens (including phenoxy) is 1. The molecule has 3 nitrogen and oxygen atoms in total. The molecule has 0 atom stereocenters. The molecule has 2 aromatic carbocycles. The number of benzene rings is 2. The normalized spacial score (nSPS) is 11.0. The summed E-state index contributed by atoms with van der Waals surface area (Å²) in [7, 11) is 1.58. The van der Waals surface area contributed by atoms with Gasteiger partial charge in [-0.1, -0.05) is 29.3 Å². The summed E-state index contributed by atoms with van der Waals surface area (Å²) in [6.45, 7) is 0. The third kappa shape index (κ3) is 3.95. The van der Waals surface area contributed by atoms with Crippen molar-refractivity contribution >= 4 is 35.1 Å². The molecule has 3 aromatic rings. The Morgan fingerprint density at radius 2 is 1.80 bits per heavy atom. The number of ketones is 1. The molecule has 0 radical (unpaired) electrons. The minimum atomic E-state index is -0.124. The molecule has 0 aliphatic rings. The number of furan rings is 1. The summed E-state index contributed by atoms with van der Waals surface area (Å²) >= 11 is 12.2. The molecule has 0 amide bonds. The van der Waals surface area contributed by atoms with E-state index in [1.807, 2.05) is 6.07 Å². The van der Waals surface area contributed by atoms with Crippen LogP contribution in [-0.4, -0.2) is 12.9 Å². The molecule has 0 unspecified atom stereocenters. The Morgan fingerprint density at radius 1 is 1.04 bits per heavy atom. The van der Waals surface area contributed by atoms with Gasteiger partial charge in [0.05, 0.1) is 17.2 Å². The lowest BCUT2D eigenvalue weighted by Gasteiger charge is -2.02. The van der Waals surface area contributed by atoms with E-state index < -0.39 is 0 Å². The molecule has 0 bridgehead atoms. The van der Waals surface area contributed by atoms with E-state index in [2.05, 4.69) is 0 Å². The number of hydrogen-bond acceptors (Lipinski definition) is 3. The lowest BCUT2D eigenvalue weighted by molar-refractivity contribution is 0.104. The van der Waals surface area contributed by atoms with E-state index in [0.29, 0.717) is 38.4 Å². The second kappa shape index (κ2) is 7.60. The van der Waals surface area contributed by atoms with E-state index in [-0.39, 0.29) is 5.78 Å². The molecule has 0 aliphatic heterocycles. The minimum Gasteiger partial charge on any atom is -0.497 e.